The predicted octanol–water partition coefficient (Wildman–Crippen LogP) is 1.60. The van der Waals surface area contributed by atoms with Crippen molar-refractivity contribution in [1.82, 2.24) is 0 Å². The third-order valence-corrected chi connectivity index (χ3v) is 8.18. The van der Waals surface area contributed by atoms with Gasteiger partial charge in [0, 0.05) is 12.8 Å². The number of aliphatic hydroxyl groups is 4. The van der Waals surface area contributed by atoms with Crippen LogP contribution in [-0.4, -0.2) is 103 Å². The second-order valence-electron chi connectivity index (χ2n) is 10.5. The topological polar surface area (TPSA) is 256 Å². The van der Waals surface area contributed by atoms with Gasteiger partial charge in [-0.3, -0.25) is 23.2 Å². The molecule has 43 heavy (non-hydrogen) atoms. The van der Waals surface area contributed by atoms with Crippen LogP contribution in [0.4, 0.5) is 0 Å². The van der Waals surface area contributed by atoms with E-state index in [0.29, 0.717) is 12.8 Å². The fourth-order valence-corrected chi connectivity index (χ4v) is 5.86. The molecule has 1 fully saturated rings. The van der Waals surface area contributed by atoms with E-state index in [0.717, 1.165) is 51.4 Å². The summed E-state index contributed by atoms with van der Waals surface area (Å²) in [5, 5.41) is 40.6. The molecule has 18 heteroatoms. The third-order valence-electron chi connectivity index (χ3n) is 6.68. The zero-order valence-corrected chi connectivity index (χ0v) is 26.4. The normalized spacial score (nSPS) is 26.4. The Hall–Kier alpha value is -1.00. The van der Waals surface area contributed by atoms with Gasteiger partial charge in [-0.05, 0) is 12.8 Å². The molecule has 16 nitrogen and oxygen atoms in total. The quantitative estimate of drug-likeness (QED) is 0.0492. The Bertz CT molecular complexity index is 914. The van der Waals surface area contributed by atoms with Gasteiger partial charge in [-0.15, -0.1) is 0 Å². The first-order chi connectivity index (χ1) is 20.1. The first-order valence-electron chi connectivity index (χ1n) is 14.6. The largest absolute Gasteiger partial charge is 0.472 e. The molecule has 0 amide bonds. The highest BCUT2D eigenvalue weighted by Gasteiger charge is 2.54. The first-order valence-corrected chi connectivity index (χ1v) is 17.6. The summed E-state index contributed by atoms with van der Waals surface area (Å²) in [5.74, 6) is -1.24. The van der Waals surface area contributed by atoms with Crippen molar-refractivity contribution in [2.45, 2.75) is 134 Å². The molecule has 7 N–H and O–H groups in total. The fraction of sp³-hybridized carbons (Fsp3) is 0.920. The molecule has 0 aromatic heterocycles. The van der Waals surface area contributed by atoms with Crippen LogP contribution in [0, 0.1) is 0 Å². The molecule has 1 rings (SSSR count). The molecule has 0 aromatic rings. The lowest BCUT2D eigenvalue weighted by Crippen LogP contribution is -2.64. The molecule has 1 aliphatic rings. The fourth-order valence-electron chi connectivity index (χ4n) is 4.32. The van der Waals surface area contributed by atoms with Crippen LogP contribution >= 0.6 is 15.6 Å². The van der Waals surface area contributed by atoms with E-state index in [9.17, 15) is 44.0 Å². The highest BCUT2D eigenvalue weighted by molar-refractivity contribution is 7.47. The predicted molar refractivity (Wildman–Crippen MR) is 149 cm³/mol. The molecular formula is C25H48O16P2. The van der Waals surface area contributed by atoms with E-state index in [1.807, 2.05) is 6.92 Å². The molecule has 254 valence electrons. The van der Waals surface area contributed by atoms with Crippen molar-refractivity contribution in [3.8, 4) is 0 Å². The standard InChI is InChI=1S/C25H48O16P2/c1-3-5-7-9-11-13-18(26)37-15-17(39-19(27)14-12-10-8-6-4-2)16-38-43(35,36)41-25-22(30)20(28)21(29)24(23(25)31)40-42(32,33)34/h17,20-25,28-31H,3-16H2,1-2H3,(H,35,36)(H2,32,33,34)/t17-,20-,21-,22-,23-,24+,25-/m1/s1. The van der Waals surface area contributed by atoms with Gasteiger partial charge in [-0.1, -0.05) is 65.2 Å². The lowest BCUT2D eigenvalue weighted by Gasteiger charge is -2.43. The molecule has 0 aromatic carbocycles. The molecule has 0 spiro atoms. The van der Waals surface area contributed by atoms with Crippen molar-refractivity contribution in [3.63, 3.8) is 0 Å². The van der Waals surface area contributed by atoms with Gasteiger partial charge in [0.2, 0.25) is 0 Å². The van der Waals surface area contributed by atoms with Gasteiger partial charge in [-0.25, -0.2) is 9.13 Å². The molecule has 1 saturated carbocycles. The summed E-state index contributed by atoms with van der Waals surface area (Å²) in [6.45, 7) is 2.77. The monoisotopic (exact) mass is 666 g/mol. The minimum absolute atomic E-state index is 0.0422. The lowest BCUT2D eigenvalue weighted by molar-refractivity contribution is -0.216. The number of carbonyl (C=O) groups is 2. The minimum Gasteiger partial charge on any atom is -0.462 e. The van der Waals surface area contributed by atoms with Crippen LogP contribution in [0.5, 0.6) is 0 Å². The first kappa shape index (κ1) is 40.0. The Morgan fingerprint density at radius 2 is 1.14 bits per heavy atom. The van der Waals surface area contributed by atoms with Crippen molar-refractivity contribution < 1.29 is 76.9 Å². The van der Waals surface area contributed by atoms with Crippen LogP contribution in [0.25, 0.3) is 0 Å². The Balaban J connectivity index is 2.84. The van der Waals surface area contributed by atoms with Crippen molar-refractivity contribution in [2.24, 2.45) is 0 Å². The SMILES string of the molecule is CCCCCCCC(=O)OC[C@H](COP(=O)(O)O[C@H]1[C@H](O)[C@@H](OP(=O)(O)O)[C@H](O)[C@@H](O)[C@H]1O)OC(=O)CCCCCCC. The van der Waals surface area contributed by atoms with E-state index < -0.39 is 83.5 Å². The molecule has 0 bridgehead atoms. The zero-order chi connectivity index (χ0) is 32.6. The molecule has 1 aliphatic carbocycles. The molecule has 0 radical (unpaired) electrons. The van der Waals surface area contributed by atoms with Gasteiger partial charge >= 0.3 is 27.6 Å². The summed E-state index contributed by atoms with van der Waals surface area (Å²) in [6, 6.07) is 0. The molecule has 0 aliphatic heterocycles. The molecule has 0 saturated heterocycles. The summed E-state index contributed by atoms with van der Waals surface area (Å²) in [4.78, 5) is 52.8. The lowest BCUT2D eigenvalue weighted by atomic mass is 9.85. The summed E-state index contributed by atoms with van der Waals surface area (Å²) in [7, 11) is -10.6. The second kappa shape index (κ2) is 20.2. The molecular weight excluding hydrogens is 618 g/mol. The van der Waals surface area contributed by atoms with Gasteiger partial charge in [0.05, 0.1) is 6.61 Å². The van der Waals surface area contributed by atoms with E-state index in [1.165, 1.54) is 0 Å². The number of ether oxygens (including phenoxy) is 2. The van der Waals surface area contributed by atoms with Gasteiger partial charge < -0.3 is 44.6 Å². The van der Waals surface area contributed by atoms with E-state index >= 15 is 0 Å². The van der Waals surface area contributed by atoms with Gasteiger partial charge in [0.25, 0.3) is 0 Å². The van der Waals surface area contributed by atoms with Crippen molar-refractivity contribution in [2.75, 3.05) is 13.2 Å². The highest BCUT2D eigenvalue weighted by atomic mass is 31.2. The average Bonchev–Trinajstić information content (AvgIpc) is 2.93. The van der Waals surface area contributed by atoms with E-state index in [-0.39, 0.29) is 12.8 Å². The van der Waals surface area contributed by atoms with Crippen molar-refractivity contribution in [1.29, 1.82) is 0 Å². The van der Waals surface area contributed by atoms with Gasteiger partial charge in [0.1, 0.15) is 43.2 Å². The Kier molecular flexibility index (Phi) is 18.8. The van der Waals surface area contributed by atoms with Crippen LogP contribution in [0.15, 0.2) is 0 Å². The zero-order valence-electron chi connectivity index (χ0n) is 24.6. The number of carbonyl (C=O) groups excluding carboxylic acids is 2. The van der Waals surface area contributed by atoms with Crippen molar-refractivity contribution in [3.05, 3.63) is 0 Å². The number of hydrogen-bond acceptors (Lipinski definition) is 13. The summed E-state index contributed by atoms with van der Waals surface area (Å²) >= 11 is 0. The summed E-state index contributed by atoms with van der Waals surface area (Å²) < 4.78 is 48.3. The number of phosphoric acid groups is 2. The van der Waals surface area contributed by atoms with Crippen LogP contribution in [-0.2, 0) is 41.8 Å². The van der Waals surface area contributed by atoms with Gasteiger partial charge in [0.15, 0.2) is 6.10 Å². The van der Waals surface area contributed by atoms with Crippen molar-refractivity contribution >= 4 is 27.6 Å². The number of aliphatic hydroxyl groups excluding tert-OH is 4. The van der Waals surface area contributed by atoms with Crippen LogP contribution in [0.3, 0.4) is 0 Å². The molecule has 0 heterocycles. The van der Waals surface area contributed by atoms with E-state index in [2.05, 4.69) is 11.4 Å². The highest BCUT2D eigenvalue weighted by Crippen LogP contribution is 2.48. The Morgan fingerprint density at radius 1 is 0.651 bits per heavy atom. The maximum atomic E-state index is 12.7. The summed E-state index contributed by atoms with van der Waals surface area (Å²) in [5.41, 5.74) is 0. The maximum Gasteiger partial charge on any atom is 0.472 e. The minimum atomic E-state index is -5.34. The third kappa shape index (κ3) is 16.2. The van der Waals surface area contributed by atoms with Crippen LogP contribution in [0.1, 0.15) is 90.9 Å². The van der Waals surface area contributed by atoms with E-state index in [1.54, 1.807) is 0 Å². The number of hydrogen-bond donors (Lipinski definition) is 7. The maximum absolute atomic E-state index is 12.7. The smallest absolute Gasteiger partial charge is 0.462 e. The van der Waals surface area contributed by atoms with Crippen LogP contribution in [0.2, 0.25) is 0 Å². The number of esters is 2. The Labute approximate surface area is 251 Å². The van der Waals surface area contributed by atoms with Gasteiger partial charge in [-0.2, -0.15) is 0 Å². The summed E-state index contributed by atoms with van der Waals surface area (Å²) in [6.07, 6.45) is -5.81. The van der Waals surface area contributed by atoms with Crippen LogP contribution < -0.4 is 0 Å². The number of rotatable bonds is 22. The molecule has 8 atom stereocenters. The van der Waals surface area contributed by atoms with E-state index in [4.69, 9.17) is 28.3 Å². The number of phosphoric ester groups is 2. The Morgan fingerprint density at radius 3 is 1.65 bits per heavy atom. The molecule has 1 unspecified atom stereocenters. The average molecular weight is 667 g/mol. The second-order valence-corrected chi connectivity index (χ2v) is 13.1. The number of unbranched alkanes of at least 4 members (excludes halogenated alkanes) is 8.